The van der Waals surface area contributed by atoms with E-state index in [0.717, 1.165) is 4.31 Å². The zero-order valence-corrected chi connectivity index (χ0v) is 19.5. The Labute approximate surface area is 197 Å². The van der Waals surface area contributed by atoms with Gasteiger partial charge in [-0.3, -0.25) is 9.10 Å². The average Bonchev–Trinajstić information content (AvgIpc) is 2.84. The largest absolute Gasteiger partial charge is 0.497 e. The van der Waals surface area contributed by atoms with Crippen LogP contribution in [0.1, 0.15) is 5.56 Å². The van der Waals surface area contributed by atoms with Crippen LogP contribution in [-0.2, 0) is 14.8 Å². The molecule has 1 amide bonds. The van der Waals surface area contributed by atoms with E-state index in [-0.39, 0.29) is 16.3 Å². The molecule has 0 unspecified atom stereocenters. The quantitative estimate of drug-likeness (QED) is 0.366. The fourth-order valence-electron chi connectivity index (χ4n) is 2.93. The van der Waals surface area contributed by atoms with Gasteiger partial charge in [0.25, 0.3) is 15.9 Å². The van der Waals surface area contributed by atoms with Crippen LogP contribution in [0.2, 0.25) is 5.02 Å². The Morgan fingerprint density at radius 3 is 2.39 bits per heavy atom. The molecule has 0 aromatic heterocycles. The first-order chi connectivity index (χ1) is 15.9. The highest BCUT2D eigenvalue weighted by molar-refractivity contribution is 7.92. The van der Waals surface area contributed by atoms with Gasteiger partial charge in [0.2, 0.25) is 0 Å². The minimum atomic E-state index is -4.11. The zero-order valence-electron chi connectivity index (χ0n) is 17.9. The van der Waals surface area contributed by atoms with Gasteiger partial charge in [-0.1, -0.05) is 48.0 Å². The van der Waals surface area contributed by atoms with Crippen molar-refractivity contribution in [1.29, 1.82) is 0 Å². The van der Waals surface area contributed by atoms with E-state index in [1.807, 2.05) is 0 Å². The second-order valence-electron chi connectivity index (χ2n) is 6.68. The molecular formula is C23H22ClN3O5S. The summed E-state index contributed by atoms with van der Waals surface area (Å²) >= 11 is 6.07. The van der Waals surface area contributed by atoms with E-state index in [2.05, 4.69) is 10.5 Å². The van der Waals surface area contributed by atoms with Gasteiger partial charge >= 0.3 is 0 Å². The summed E-state index contributed by atoms with van der Waals surface area (Å²) in [4.78, 5) is 12.7. The predicted octanol–water partition coefficient (Wildman–Crippen LogP) is 3.70. The molecule has 0 fully saturated rings. The Hall–Kier alpha value is -3.56. The number of hydrogen-bond acceptors (Lipinski definition) is 6. The number of rotatable bonds is 9. The maximum atomic E-state index is 13.4. The Balaban J connectivity index is 1.93. The standard InChI is InChI=1S/C23H22ClN3O5S/c1-31-18-12-13-21(22(14-18)32-2)27(33(29,30)19-9-4-3-5-10-19)16-23(28)26-25-15-17-8-6-7-11-20(17)24/h3-15H,16H2,1-2H3,(H,26,28)/b25-15-. The summed E-state index contributed by atoms with van der Waals surface area (Å²) in [6.07, 6.45) is 1.38. The lowest BCUT2D eigenvalue weighted by Gasteiger charge is -2.25. The van der Waals surface area contributed by atoms with Gasteiger partial charge in [-0.05, 0) is 30.3 Å². The summed E-state index contributed by atoms with van der Waals surface area (Å²) in [5.41, 5.74) is 3.12. The van der Waals surface area contributed by atoms with Crippen LogP contribution in [-0.4, -0.2) is 41.3 Å². The lowest BCUT2D eigenvalue weighted by Crippen LogP contribution is -2.39. The van der Waals surface area contributed by atoms with Crippen molar-refractivity contribution < 1.29 is 22.7 Å². The van der Waals surface area contributed by atoms with E-state index in [0.29, 0.717) is 16.3 Å². The van der Waals surface area contributed by atoms with Crippen LogP contribution in [0.15, 0.2) is 82.8 Å². The van der Waals surface area contributed by atoms with Crippen LogP contribution in [0.3, 0.4) is 0 Å². The van der Waals surface area contributed by atoms with Crippen molar-refractivity contribution >= 4 is 39.4 Å². The molecule has 0 aliphatic carbocycles. The van der Waals surface area contributed by atoms with E-state index < -0.39 is 22.5 Å². The third-order valence-corrected chi connectivity index (χ3v) is 6.69. The number of nitrogens with zero attached hydrogens (tertiary/aromatic N) is 2. The summed E-state index contributed by atoms with van der Waals surface area (Å²) in [7, 11) is -1.22. The predicted molar refractivity (Wildman–Crippen MR) is 128 cm³/mol. The van der Waals surface area contributed by atoms with Crippen molar-refractivity contribution in [2.75, 3.05) is 25.1 Å². The zero-order chi connectivity index (χ0) is 23.8. The molecule has 0 saturated carbocycles. The number of sulfonamides is 1. The van der Waals surface area contributed by atoms with E-state index in [4.69, 9.17) is 21.1 Å². The molecule has 0 aliphatic rings. The number of hydrogen-bond donors (Lipinski definition) is 1. The van der Waals surface area contributed by atoms with E-state index in [1.54, 1.807) is 48.5 Å². The number of halogens is 1. The number of ether oxygens (including phenoxy) is 2. The third-order valence-electron chi connectivity index (χ3n) is 4.57. The fourth-order valence-corrected chi connectivity index (χ4v) is 4.57. The molecule has 8 nitrogen and oxygen atoms in total. The van der Waals surface area contributed by atoms with Crippen LogP contribution >= 0.6 is 11.6 Å². The molecule has 10 heteroatoms. The monoisotopic (exact) mass is 487 g/mol. The number of hydrazone groups is 1. The number of amides is 1. The smallest absolute Gasteiger partial charge is 0.264 e. The maximum absolute atomic E-state index is 13.4. The fraction of sp³-hybridized carbons (Fsp3) is 0.130. The van der Waals surface area contributed by atoms with Crippen molar-refractivity contribution in [3.05, 3.63) is 83.4 Å². The number of carbonyl (C=O) groups is 1. The van der Waals surface area contributed by atoms with Gasteiger partial charge in [0.05, 0.1) is 31.0 Å². The minimum Gasteiger partial charge on any atom is -0.497 e. The van der Waals surface area contributed by atoms with Gasteiger partial charge in [0.1, 0.15) is 18.0 Å². The molecule has 3 aromatic rings. The van der Waals surface area contributed by atoms with Crippen LogP contribution in [0.25, 0.3) is 0 Å². The van der Waals surface area contributed by atoms with E-state index in [9.17, 15) is 13.2 Å². The number of benzene rings is 3. The molecule has 1 N–H and O–H groups in total. The van der Waals surface area contributed by atoms with Crippen molar-refractivity contribution in [3.8, 4) is 11.5 Å². The number of methoxy groups -OCH3 is 2. The van der Waals surface area contributed by atoms with Gasteiger partial charge in [0, 0.05) is 16.7 Å². The van der Waals surface area contributed by atoms with Crippen molar-refractivity contribution in [1.82, 2.24) is 5.43 Å². The third kappa shape index (κ3) is 5.82. The molecule has 0 spiro atoms. The Kier molecular flexibility index (Phi) is 7.92. The second-order valence-corrected chi connectivity index (χ2v) is 8.95. The van der Waals surface area contributed by atoms with Crippen molar-refractivity contribution in [2.24, 2.45) is 5.10 Å². The normalized spacial score (nSPS) is 11.2. The highest BCUT2D eigenvalue weighted by Gasteiger charge is 2.29. The average molecular weight is 488 g/mol. The summed E-state index contributed by atoms with van der Waals surface area (Å²) in [5, 5.41) is 4.36. The second kappa shape index (κ2) is 10.8. The molecule has 0 heterocycles. The molecule has 33 heavy (non-hydrogen) atoms. The Morgan fingerprint density at radius 2 is 1.73 bits per heavy atom. The molecule has 0 saturated heterocycles. The molecule has 0 aliphatic heterocycles. The molecule has 0 atom stereocenters. The molecular weight excluding hydrogens is 466 g/mol. The topological polar surface area (TPSA) is 97.3 Å². The van der Waals surface area contributed by atoms with Crippen LogP contribution < -0.4 is 19.2 Å². The van der Waals surface area contributed by atoms with E-state index in [1.165, 1.54) is 44.7 Å². The molecule has 3 aromatic carbocycles. The Morgan fingerprint density at radius 1 is 1.03 bits per heavy atom. The van der Waals surface area contributed by atoms with Crippen molar-refractivity contribution in [3.63, 3.8) is 0 Å². The van der Waals surface area contributed by atoms with Crippen LogP contribution in [0, 0.1) is 0 Å². The number of anilines is 1. The first-order valence-corrected chi connectivity index (χ1v) is 11.5. The highest BCUT2D eigenvalue weighted by Crippen LogP contribution is 2.35. The highest BCUT2D eigenvalue weighted by atomic mass is 35.5. The summed E-state index contributed by atoms with van der Waals surface area (Å²) in [5.74, 6) is 0.0401. The Bertz CT molecular complexity index is 1250. The lowest BCUT2D eigenvalue weighted by molar-refractivity contribution is -0.119. The van der Waals surface area contributed by atoms with Crippen LogP contribution in [0.4, 0.5) is 5.69 Å². The first-order valence-electron chi connectivity index (χ1n) is 9.73. The van der Waals surface area contributed by atoms with Gasteiger partial charge in [0.15, 0.2) is 0 Å². The van der Waals surface area contributed by atoms with Gasteiger partial charge in [-0.15, -0.1) is 0 Å². The SMILES string of the molecule is COc1ccc(N(CC(=O)N/N=C\c2ccccc2Cl)S(=O)(=O)c2ccccc2)c(OC)c1. The first kappa shape index (κ1) is 24.1. The summed E-state index contributed by atoms with van der Waals surface area (Å²) < 4.78 is 38.4. The van der Waals surface area contributed by atoms with Gasteiger partial charge in [-0.2, -0.15) is 5.10 Å². The number of nitrogens with one attached hydrogen (secondary N) is 1. The number of carbonyl (C=O) groups excluding carboxylic acids is 1. The van der Waals surface area contributed by atoms with Gasteiger partial charge < -0.3 is 9.47 Å². The summed E-state index contributed by atoms with van der Waals surface area (Å²) in [6.45, 7) is -0.542. The van der Waals surface area contributed by atoms with Crippen molar-refractivity contribution in [2.45, 2.75) is 4.90 Å². The molecule has 0 bridgehead atoms. The lowest BCUT2D eigenvalue weighted by atomic mass is 10.2. The molecule has 0 radical (unpaired) electrons. The molecule has 172 valence electrons. The van der Waals surface area contributed by atoms with E-state index >= 15 is 0 Å². The minimum absolute atomic E-state index is 0.0234. The molecule has 3 rings (SSSR count). The summed E-state index contributed by atoms with van der Waals surface area (Å²) in [6, 6.07) is 19.4. The van der Waals surface area contributed by atoms with Crippen LogP contribution in [0.5, 0.6) is 11.5 Å². The van der Waals surface area contributed by atoms with Gasteiger partial charge in [-0.25, -0.2) is 13.8 Å². The maximum Gasteiger partial charge on any atom is 0.264 e.